The third-order valence-corrected chi connectivity index (χ3v) is 9.38. The second kappa shape index (κ2) is 9.88. The quantitative estimate of drug-likeness (QED) is 0.359. The smallest absolute Gasteiger partial charge is 0.309 e. The molecule has 2 saturated heterocycles. The maximum atomic E-state index is 11.5. The Labute approximate surface area is 232 Å². The number of likely N-dealkylation sites (tertiary alicyclic amines) is 1. The normalized spacial score (nSPS) is 27.1. The summed E-state index contributed by atoms with van der Waals surface area (Å²) in [6.07, 6.45) is 5.68. The second-order valence-corrected chi connectivity index (χ2v) is 12.4. The van der Waals surface area contributed by atoms with Gasteiger partial charge in [0.25, 0.3) is 6.01 Å². The molecule has 1 aliphatic carbocycles. The van der Waals surface area contributed by atoms with Gasteiger partial charge in [-0.3, -0.25) is 4.79 Å². The molecule has 0 unspecified atom stereocenters. The zero-order valence-corrected chi connectivity index (χ0v) is 23.2. The van der Waals surface area contributed by atoms with E-state index in [2.05, 4.69) is 20.1 Å². The van der Waals surface area contributed by atoms with Crippen LogP contribution in [0.4, 0.5) is 11.8 Å². The maximum absolute atomic E-state index is 11.5. The molecule has 38 heavy (non-hydrogen) atoms. The lowest BCUT2D eigenvalue weighted by Gasteiger charge is -2.52. The van der Waals surface area contributed by atoms with Crippen LogP contribution in [0.3, 0.4) is 0 Å². The van der Waals surface area contributed by atoms with E-state index < -0.39 is 11.4 Å². The Balaban J connectivity index is 1.08. The highest BCUT2D eigenvalue weighted by Gasteiger charge is 2.49. The largest absolute Gasteiger partial charge is 0.481 e. The van der Waals surface area contributed by atoms with Crippen molar-refractivity contribution in [2.24, 2.45) is 17.3 Å². The summed E-state index contributed by atoms with van der Waals surface area (Å²) in [5.41, 5.74) is 1.79. The molecule has 2 aromatic heterocycles. The molecular formula is C28H33Cl2N5O3. The molecule has 6 rings (SSSR count). The maximum Gasteiger partial charge on any atom is 0.309 e. The molecule has 2 atom stereocenters. The van der Waals surface area contributed by atoms with Crippen molar-refractivity contribution in [2.75, 3.05) is 36.4 Å². The van der Waals surface area contributed by atoms with Gasteiger partial charge in [-0.1, -0.05) is 29.3 Å². The monoisotopic (exact) mass is 557 g/mol. The topological polar surface area (TPSA) is 94.7 Å². The third-order valence-electron chi connectivity index (χ3n) is 8.82. The minimum Gasteiger partial charge on any atom is -0.481 e. The van der Waals surface area contributed by atoms with Gasteiger partial charge in [-0.05, 0) is 81.7 Å². The zero-order valence-electron chi connectivity index (χ0n) is 21.7. The first-order valence-electron chi connectivity index (χ1n) is 13.4. The molecule has 2 aliphatic heterocycles. The van der Waals surface area contributed by atoms with Gasteiger partial charge in [-0.15, -0.1) is 0 Å². The fraction of sp³-hybridized carbons (Fsp3) is 0.536. The van der Waals surface area contributed by atoms with E-state index in [0.29, 0.717) is 45.3 Å². The number of piperidine rings is 1. The standard InChI is InChI=1S/C28H33Cl2N5O3/c1-16(21-6-5-19(29)10-22(21)30)32-25-24-23(7-8-31-25)33-27(38-24)35-14-18(15-35)17-4-3-9-34(13-17)20-11-28(2,12-20)26(36)37/h5-8,10,16-18,20H,3-4,9,11-15H2,1-2H3,(H,31,32)(H,36,37)/t16-,17+,20?,28?/m1/s1. The number of rotatable bonds is 7. The molecule has 0 radical (unpaired) electrons. The summed E-state index contributed by atoms with van der Waals surface area (Å²) in [6, 6.07) is 8.29. The summed E-state index contributed by atoms with van der Waals surface area (Å²) in [5.74, 6) is 1.20. The average Bonchev–Trinajstić information content (AvgIpc) is 3.26. The van der Waals surface area contributed by atoms with Crippen LogP contribution in [-0.2, 0) is 4.79 Å². The third kappa shape index (κ3) is 4.71. The lowest BCUT2D eigenvalue weighted by Crippen LogP contribution is -2.58. The van der Waals surface area contributed by atoms with Gasteiger partial charge in [-0.25, -0.2) is 4.98 Å². The number of oxazole rings is 1. The highest BCUT2D eigenvalue weighted by molar-refractivity contribution is 6.35. The number of aliphatic carboxylic acids is 1. The molecule has 1 saturated carbocycles. The summed E-state index contributed by atoms with van der Waals surface area (Å²) in [6.45, 7) is 7.90. The van der Waals surface area contributed by atoms with Gasteiger partial charge in [0.1, 0.15) is 5.52 Å². The van der Waals surface area contributed by atoms with E-state index in [1.54, 1.807) is 12.3 Å². The Hall–Kier alpha value is -2.55. The van der Waals surface area contributed by atoms with Gasteiger partial charge >= 0.3 is 5.97 Å². The molecule has 1 aromatic carbocycles. The first-order chi connectivity index (χ1) is 18.2. The number of anilines is 2. The average molecular weight is 559 g/mol. The lowest BCUT2D eigenvalue weighted by atomic mass is 9.65. The van der Waals surface area contributed by atoms with Crippen LogP contribution in [0.2, 0.25) is 10.0 Å². The minimum absolute atomic E-state index is 0.0990. The molecule has 0 bridgehead atoms. The van der Waals surface area contributed by atoms with E-state index in [4.69, 9.17) is 32.6 Å². The van der Waals surface area contributed by atoms with Crippen LogP contribution in [0, 0.1) is 17.3 Å². The van der Waals surface area contributed by atoms with E-state index >= 15 is 0 Å². The van der Waals surface area contributed by atoms with Crippen LogP contribution in [0.25, 0.3) is 11.1 Å². The van der Waals surface area contributed by atoms with Crippen molar-refractivity contribution in [3.05, 3.63) is 46.1 Å². The van der Waals surface area contributed by atoms with Gasteiger partial charge in [-0.2, -0.15) is 4.98 Å². The predicted molar refractivity (Wildman–Crippen MR) is 149 cm³/mol. The number of aromatic nitrogens is 2. The molecule has 0 amide bonds. The number of hydrogen-bond acceptors (Lipinski definition) is 7. The number of halogens is 2. The number of nitrogens with zero attached hydrogens (tertiary/aromatic N) is 4. The van der Waals surface area contributed by atoms with E-state index in [1.165, 1.54) is 12.8 Å². The molecule has 3 aliphatic rings. The van der Waals surface area contributed by atoms with E-state index in [1.807, 2.05) is 32.0 Å². The van der Waals surface area contributed by atoms with Crippen molar-refractivity contribution in [2.45, 2.75) is 51.6 Å². The van der Waals surface area contributed by atoms with Crippen molar-refractivity contribution in [3.8, 4) is 0 Å². The van der Waals surface area contributed by atoms with Gasteiger partial charge < -0.3 is 24.6 Å². The Bertz CT molecular complexity index is 1350. The number of pyridine rings is 1. The van der Waals surface area contributed by atoms with Crippen molar-refractivity contribution in [1.82, 2.24) is 14.9 Å². The van der Waals surface area contributed by atoms with Crippen LogP contribution >= 0.6 is 23.2 Å². The first-order valence-corrected chi connectivity index (χ1v) is 14.2. The van der Waals surface area contributed by atoms with Crippen molar-refractivity contribution in [3.63, 3.8) is 0 Å². The fourth-order valence-electron chi connectivity index (χ4n) is 6.35. The van der Waals surface area contributed by atoms with Crippen molar-refractivity contribution in [1.29, 1.82) is 0 Å². The second-order valence-electron chi connectivity index (χ2n) is 11.5. The predicted octanol–water partition coefficient (Wildman–Crippen LogP) is 6.10. The number of carboxylic acids is 1. The van der Waals surface area contributed by atoms with E-state index in [0.717, 1.165) is 50.1 Å². The Kier molecular flexibility index (Phi) is 6.69. The van der Waals surface area contributed by atoms with Gasteiger partial charge in [0.2, 0.25) is 0 Å². The summed E-state index contributed by atoms with van der Waals surface area (Å²) >= 11 is 12.5. The molecule has 3 fully saturated rings. The lowest BCUT2D eigenvalue weighted by molar-refractivity contribution is -0.158. The highest BCUT2D eigenvalue weighted by Crippen LogP contribution is 2.45. The molecule has 10 heteroatoms. The number of hydrogen-bond donors (Lipinski definition) is 2. The molecule has 8 nitrogen and oxygen atoms in total. The van der Waals surface area contributed by atoms with Gasteiger partial charge in [0, 0.05) is 41.9 Å². The summed E-state index contributed by atoms with van der Waals surface area (Å²) < 4.78 is 6.23. The SMILES string of the molecule is C[C@@H](Nc1nccc2nc(N3CC([C@H]4CCCN(C5CC(C)(C(=O)O)C5)C4)C3)oc12)c1ccc(Cl)cc1Cl. The molecule has 3 aromatic rings. The molecule has 0 spiro atoms. The number of nitrogens with one attached hydrogen (secondary N) is 1. The van der Waals surface area contributed by atoms with Crippen LogP contribution in [-0.4, -0.2) is 58.2 Å². The highest BCUT2D eigenvalue weighted by atomic mass is 35.5. The van der Waals surface area contributed by atoms with Gasteiger partial charge in [0.15, 0.2) is 11.4 Å². The van der Waals surface area contributed by atoms with Crippen molar-refractivity contribution >= 4 is 52.1 Å². The first kappa shape index (κ1) is 25.7. The minimum atomic E-state index is -0.660. The summed E-state index contributed by atoms with van der Waals surface area (Å²) in [7, 11) is 0. The Morgan fingerprint density at radius 1 is 1.21 bits per heavy atom. The van der Waals surface area contributed by atoms with E-state index in [-0.39, 0.29) is 6.04 Å². The molecular weight excluding hydrogens is 525 g/mol. The van der Waals surface area contributed by atoms with Gasteiger partial charge in [0.05, 0.1) is 11.5 Å². The number of fused-ring (bicyclic) bond motifs is 1. The van der Waals surface area contributed by atoms with Crippen LogP contribution < -0.4 is 10.2 Å². The zero-order chi connectivity index (χ0) is 26.6. The Morgan fingerprint density at radius 2 is 2.00 bits per heavy atom. The molecule has 4 heterocycles. The summed E-state index contributed by atoms with van der Waals surface area (Å²) in [4.78, 5) is 25.5. The van der Waals surface area contributed by atoms with Crippen LogP contribution in [0.15, 0.2) is 34.9 Å². The molecule has 202 valence electrons. The van der Waals surface area contributed by atoms with Crippen LogP contribution in [0.5, 0.6) is 0 Å². The fourth-order valence-corrected chi connectivity index (χ4v) is 6.93. The number of benzene rings is 1. The van der Waals surface area contributed by atoms with Crippen LogP contribution in [0.1, 0.15) is 51.1 Å². The number of carboxylic acid groups (broad SMARTS) is 1. The number of carbonyl (C=O) groups is 1. The molecule has 2 N–H and O–H groups in total. The summed E-state index contributed by atoms with van der Waals surface area (Å²) in [5, 5.41) is 14.1. The van der Waals surface area contributed by atoms with E-state index in [9.17, 15) is 9.90 Å². The Morgan fingerprint density at radius 3 is 2.74 bits per heavy atom. The van der Waals surface area contributed by atoms with Crippen molar-refractivity contribution < 1.29 is 14.3 Å².